The molecule has 0 spiro atoms. The molecule has 2 aromatic rings. The lowest BCUT2D eigenvalue weighted by molar-refractivity contribution is -0.134. The van der Waals surface area contributed by atoms with E-state index in [-0.39, 0.29) is 11.9 Å². The molecule has 0 bridgehead atoms. The van der Waals surface area contributed by atoms with Crippen molar-refractivity contribution in [3.63, 3.8) is 0 Å². The standard InChI is InChI=1S/C18H24N2O2S/c1-13(2)11-18(21)20-9-5-3-4-7-15(20)14-12-16(22-19-14)17-8-6-10-23-17/h6,8,10,12-13,15H,3-5,7,9,11H2,1-2H3/t15-/m0/s1. The largest absolute Gasteiger partial charge is 0.355 e. The molecular formula is C18H24N2O2S. The van der Waals surface area contributed by atoms with E-state index in [1.54, 1.807) is 11.3 Å². The molecule has 1 saturated heterocycles. The van der Waals surface area contributed by atoms with E-state index in [0.717, 1.165) is 42.1 Å². The predicted molar refractivity (Wildman–Crippen MR) is 92.2 cm³/mol. The first-order valence-corrected chi connectivity index (χ1v) is 9.33. The van der Waals surface area contributed by atoms with Gasteiger partial charge in [-0.1, -0.05) is 37.9 Å². The highest BCUT2D eigenvalue weighted by Crippen LogP contribution is 2.33. The second-order valence-electron chi connectivity index (χ2n) is 6.64. The number of hydrogen-bond donors (Lipinski definition) is 0. The van der Waals surface area contributed by atoms with E-state index in [9.17, 15) is 4.79 Å². The lowest BCUT2D eigenvalue weighted by Gasteiger charge is -2.29. The van der Waals surface area contributed by atoms with Gasteiger partial charge >= 0.3 is 0 Å². The minimum absolute atomic E-state index is 0.0567. The van der Waals surface area contributed by atoms with Crippen molar-refractivity contribution in [2.45, 2.75) is 52.0 Å². The summed E-state index contributed by atoms with van der Waals surface area (Å²) in [4.78, 5) is 15.8. The van der Waals surface area contributed by atoms with Gasteiger partial charge < -0.3 is 9.42 Å². The van der Waals surface area contributed by atoms with Crippen LogP contribution < -0.4 is 0 Å². The Balaban J connectivity index is 1.83. The number of carbonyl (C=O) groups is 1. The van der Waals surface area contributed by atoms with Crippen molar-refractivity contribution >= 4 is 17.2 Å². The van der Waals surface area contributed by atoms with Crippen molar-refractivity contribution in [3.05, 3.63) is 29.3 Å². The van der Waals surface area contributed by atoms with Crippen LogP contribution in [0.5, 0.6) is 0 Å². The van der Waals surface area contributed by atoms with Crippen LogP contribution >= 0.6 is 11.3 Å². The maximum absolute atomic E-state index is 12.7. The molecule has 0 radical (unpaired) electrons. The first-order chi connectivity index (χ1) is 11.1. The van der Waals surface area contributed by atoms with E-state index in [4.69, 9.17) is 4.52 Å². The highest BCUT2D eigenvalue weighted by Gasteiger charge is 2.29. The third-order valence-corrected chi connectivity index (χ3v) is 5.17. The van der Waals surface area contributed by atoms with Gasteiger partial charge in [-0.25, -0.2) is 0 Å². The number of likely N-dealkylation sites (tertiary alicyclic amines) is 1. The molecule has 1 amide bonds. The Morgan fingerprint density at radius 2 is 2.30 bits per heavy atom. The van der Waals surface area contributed by atoms with Crippen molar-refractivity contribution in [1.29, 1.82) is 0 Å². The first-order valence-electron chi connectivity index (χ1n) is 8.45. The van der Waals surface area contributed by atoms with E-state index in [1.807, 2.05) is 28.5 Å². The zero-order valence-corrected chi connectivity index (χ0v) is 14.6. The van der Waals surface area contributed by atoms with E-state index in [0.29, 0.717) is 12.3 Å². The minimum Gasteiger partial charge on any atom is -0.355 e. The fraction of sp³-hybridized carbons (Fsp3) is 0.556. The monoisotopic (exact) mass is 332 g/mol. The summed E-state index contributed by atoms with van der Waals surface area (Å²) in [6.07, 6.45) is 4.97. The van der Waals surface area contributed by atoms with E-state index < -0.39 is 0 Å². The van der Waals surface area contributed by atoms with Gasteiger partial charge in [0.05, 0.1) is 10.9 Å². The highest BCUT2D eigenvalue weighted by atomic mass is 32.1. The van der Waals surface area contributed by atoms with Gasteiger partial charge in [-0.05, 0) is 30.2 Å². The number of hydrogen-bond acceptors (Lipinski definition) is 4. The van der Waals surface area contributed by atoms with Gasteiger partial charge in [0.1, 0.15) is 5.69 Å². The molecule has 0 aromatic carbocycles. The minimum atomic E-state index is 0.0567. The Hall–Kier alpha value is -1.62. The molecule has 0 N–H and O–H groups in total. The molecule has 3 heterocycles. The second-order valence-corrected chi connectivity index (χ2v) is 7.59. The molecule has 3 rings (SSSR count). The summed E-state index contributed by atoms with van der Waals surface area (Å²) < 4.78 is 5.53. The van der Waals surface area contributed by atoms with Crippen LogP contribution in [-0.2, 0) is 4.79 Å². The van der Waals surface area contributed by atoms with Gasteiger partial charge in [0.25, 0.3) is 0 Å². The zero-order valence-electron chi connectivity index (χ0n) is 13.8. The van der Waals surface area contributed by atoms with Crippen molar-refractivity contribution < 1.29 is 9.32 Å². The fourth-order valence-electron chi connectivity index (χ4n) is 3.16. The van der Waals surface area contributed by atoms with Gasteiger partial charge in [-0.15, -0.1) is 11.3 Å². The Labute approximate surface area is 141 Å². The third kappa shape index (κ3) is 3.83. The van der Waals surface area contributed by atoms with Gasteiger partial charge in [-0.3, -0.25) is 4.79 Å². The van der Waals surface area contributed by atoms with Crippen molar-refractivity contribution in [3.8, 4) is 10.6 Å². The molecule has 0 aliphatic carbocycles. The average molecular weight is 332 g/mol. The Kier molecular flexibility index (Phi) is 5.16. The van der Waals surface area contributed by atoms with E-state index in [1.165, 1.54) is 6.42 Å². The van der Waals surface area contributed by atoms with Crippen LogP contribution in [0.3, 0.4) is 0 Å². The number of amides is 1. The van der Waals surface area contributed by atoms with Crippen LogP contribution in [-0.4, -0.2) is 22.5 Å². The van der Waals surface area contributed by atoms with Crippen LogP contribution in [0.25, 0.3) is 10.6 Å². The van der Waals surface area contributed by atoms with Crippen LogP contribution in [0.2, 0.25) is 0 Å². The predicted octanol–water partition coefficient (Wildman–Crippen LogP) is 4.89. The van der Waals surface area contributed by atoms with E-state index >= 15 is 0 Å². The van der Waals surface area contributed by atoms with Gasteiger partial charge in [0.15, 0.2) is 5.76 Å². The Morgan fingerprint density at radius 3 is 3.04 bits per heavy atom. The lowest BCUT2D eigenvalue weighted by atomic mass is 10.0. The maximum Gasteiger partial charge on any atom is 0.223 e. The number of thiophene rings is 1. The quantitative estimate of drug-likeness (QED) is 0.800. The number of rotatable bonds is 4. The molecule has 23 heavy (non-hydrogen) atoms. The summed E-state index contributed by atoms with van der Waals surface area (Å²) in [5.41, 5.74) is 0.896. The smallest absolute Gasteiger partial charge is 0.223 e. The number of carbonyl (C=O) groups excluding carboxylic acids is 1. The fourth-order valence-corrected chi connectivity index (χ4v) is 3.83. The highest BCUT2D eigenvalue weighted by molar-refractivity contribution is 7.13. The SMILES string of the molecule is CC(C)CC(=O)N1CCCCC[C@H]1c1cc(-c2cccs2)on1. The summed E-state index contributed by atoms with van der Waals surface area (Å²) >= 11 is 1.64. The molecule has 1 aliphatic heterocycles. The molecule has 5 heteroatoms. The molecule has 0 unspecified atom stereocenters. The summed E-state index contributed by atoms with van der Waals surface area (Å²) in [7, 11) is 0. The summed E-state index contributed by atoms with van der Waals surface area (Å²) in [5.74, 6) is 1.42. The maximum atomic E-state index is 12.7. The summed E-state index contributed by atoms with van der Waals surface area (Å²) in [6, 6.07) is 6.11. The molecule has 0 saturated carbocycles. The lowest BCUT2D eigenvalue weighted by Crippen LogP contribution is -2.35. The van der Waals surface area contributed by atoms with Gasteiger partial charge in [-0.2, -0.15) is 0 Å². The van der Waals surface area contributed by atoms with Crippen LogP contribution in [0, 0.1) is 5.92 Å². The topological polar surface area (TPSA) is 46.3 Å². The molecule has 4 nitrogen and oxygen atoms in total. The third-order valence-electron chi connectivity index (χ3n) is 4.29. The number of aromatic nitrogens is 1. The molecule has 1 aliphatic rings. The van der Waals surface area contributed by atoms with Crippen LogP contribution in [0.4, 0.5) is 0 Å². The van der Waals surface area contributed by atoms with Gasteiger partial charge in [0, 0.05) is 19.0 Å². The van der Waals surface area contributed by atoms with E-state index in [2.05, 4.69) is 19.0 Å². The zero-order chi connectivity index (χ0) is 16.2. The Morgan fingerprint density at radius 1 is 1.43 bits per heavy atom. The first kappa shape index (κ1) is 16.2. The molecule has 1 fully saturated rings. The molecular weight excluding hydrogens is 308 g/mol. The van der Waals surface area contributed by atoms with Crippen molar-refractivity contribution in [2.75, 3.05) is 6.54 Å². The van der Waals surface area contributed by atoms with Crippen molar-refractivity contribution in [1.82, 2.24) is 10.1 Å². The molecule has 1 atom stereocenters. The van der Waals surface area contributed by atoms with Crippen LogP contribution in [0.1, 0.15) is 57.7 Å². The average Bonchev–Trinajstić information content (AvgIpc) is 3.13. The number of nitrogens with zero attached hydrogens (tertiary/aromatic N) is 2. The second kappa shape index (κ2) is 7.30. The molecule has 2 aromatic heterocycles. The Bertz CT molecular complexity index is 633. The summed E-state index contributed by atoms with van der Waals surface area (Å²) in [6.45, 7) is 5.02. The molecule has 124 valence electrons. The van der Waals surface area contributed by atoms with Crippen LogP contribution in [0.15, 0.2) is 28.1 Å². The van der Waals surface area contributed by atoms with Gasteiger partial charge in [0.2, 0.25) is 5.91 Å². The normalized spacial score (nSPS) is 19.1. The summed E-state index contributed by atoms with van der Waals surface area (Å²) in [5, 5.41) is 6.32. The van der Waals surface area contributed by atoms with Crippen molar-refractivity contribution in [2.24, 2.45) is 5.92 Å².